The van der Waals surface area contributed by atoms with Crippen molar-refractivity contribution in [1.29, 1.82) is 0 Å². The van der Waals surface area contributed by atoms with E-state index in [2.05, 4.69) is 0 Å². The molecule has 3 aromatic carbocycles. The number of ketones is 1. The zero-order chi connectivity index (χ0) is 17.6. The standard InChI is InChI=1S/C22H20O3/c1-2-3-15-25-22(24)20-13-7-6-12-19(20)21(23)18-14-8-10-16-9-4-5-11-17(16)18/h4-14H,2-3,15H2,1H3. The van der Waals surface area contributed by atoms with E-state index in [1.165, 1.54) is 0 Å². The highest BCUT2D eigenvalue weighted by Crippen LogP contribution is 2.23. The van der Waals surface area contributed by atoms with E-state index < -0.39 is 5.97 Å². The fourth-order valence-electron chi connectivity index (χ4n) is 2.81. The summed E-state index contributed by atoms with van der Waals surface area (Å²) in [5, 5.41) is 1.88. The van der Waals surface area contributed by atoms with Crippen LogP contribution in [0.2, 0.25) is 0 Å². The third-order valence-corrected chi connectivity index (χ3v) is 4.16. The lowest BCUT2D eigenvalue weighted by atomic mass is 9.94. The fraction of sp³-hybridized carbons (Fsp3) is 0.182. The molecule has 0 aliphatic carbocycles. The minimum Gasteiger partial charge on any atom is -0.462 e. The van der Waals surface area contributed by atoms with Crippen LogP contribution in [0.15, 0.2) is 66.7 Å². The van der Waals surface area contributed by atoms with Gasteiger partial charge in [-0.25, -0.2) is 4.79 Å². The Bertz CT molecular complexity index is 907. The minimum atomic E-state index is -0.447. The molecule has 0 heterocycles. The Morgan fingerprint density at radius 3 is 2.24 bits per heavy atom. The van der Waals surface area contributed by atoms with Crippen LogP contribution in [-0.4, -0.2) is 18.4 Å². The molecule has 0 saturated heterocycles. The topological polar surface area (TPSA) is 43.4 Å². The first-order valence-corrected chi connectivity index (χ1v) is 8.51. The van der Waals surface area contributed by atoms with Crippen LogP contribution >= 0.6 is 0 Å². The summed E-state index contributed by atoms with van der Waals surface area (Å²) >= 11 is 0. The summed E-state index contributed by atoms with van der Waals surface area (Å²) in [5.41, 5.74) is 1.28. The molecule has 126 valence electrons. The number of hydrogen-bond acceptors (Lipinski definition) is 3. The van der Waals surface area contributed by atoms with E-state index in [9.17, 15) is 9.59 Å². The number of hydrogen-bond donors (Lipinski definition) is 0. The van der Waals surface area contributed by atoms with Crippen molar-refractivity contribution in [3.05, 3.63) is 83.4 Å². The van der Waals surface area contributed by atoms with Crippen LogP contribution in [-0.2, 0) is 4.74 Å². The van der Waals surface area contributed by atoms with Crippen LogP contribution in [0, 0.1) is 0 Å². The molecule has 0 bridgehead atoms. The number of esters is 1. The average molecular weight is 332 g/mol. The zero-order valence-electron chi connectivity index (χ0n) is 14.2. The maximum atomic E-state index is 13.1. The summed E-state index contributed by atoms with van der Waals surface area (Å²) in [4.78, 5) is 25.5. The smallest absolute Gasteiger partial charge is 0.338 e. The summed E-state index contributed by atoms with van der Waals surface area (Å²) in [6.07, 6.45) is 1.76. The number of carbonyl (C=O) groups excluding carboxylic acids is 2. The van der Waals surface area contributed by atoms with E-state index in [1.54, 1.807) is 30.3 Å². The molecule has 0 spiro atoms. The molecule has 0 aliphatic rings. The van der Waals surface area contributed by atoms with Gasteiger partial charge in [0.25, 0.3) is 0 Å². The van der Waals surface area contributed by atoms with Crippen LogP contribution in [0.4, 0.5) is 0 Å². The first-order chi connectivity index (χ1) is 12.2. The maximum absolute atomic E-state index is 13.1. The quantitative estimate of drug-likeness (QED) is 0.361. The Balaban J connectivity index is 1.99. The van der Waals surface area contributed by atoms with Gasteiger partial charge in [0.15, 0.2) is 5.78 Å². The normalized spacial score (nSPS) is 10.6. The fourth-order valence-corrected chi connectivity index (χ4v) is 2.81. The Kier molecular flexibility index (Phi) is 5.24. The Morgan fingerprint density at radius 1 is 0.800 bits per heavy atom. The van der Waals surface area contributed by atoms with Crippen LogP contribution in [0.3, 0.4) is 0 Å². The molecule has 0 aromatic heterocycles. The molecule has 0 amide bonds. The molecule has 3 nitrogen and oxygen atoms in total. The van der Waals surface area contributed by atoms with Gasteiger partial charge in [-0.1, -0.05) is 74.0 Å². The van der Waals surface area contributed by atoms with Crippen molar-refractivity contribution in [3.8, 4) is 0 Å². The summed E-state index contributed by atoms with van der Waals surface area (Å²) < 4.78 is 5.29. The predicted octanol–water partition coefficient (Wildman–Crippen LogP) is 5.03. The van der Waals surface area contributed by atoms with E-state index in [1.807, 2.05) is 43.3 Å². The van der Waals surface area contributed by atoms with E-state index in [4.69, 9.17) is 4.74 Å². The molecule has 0 fully saturated rings. The van der Waals surface area contributed by atoms with Crippen molar-refractivity contribution in [1.82, 2.24) is 0 Å². The second-order valence-corrected chi connectivity index (χ2v) is 5.89. The Morgan fingerprint density at radius 2 is 1.44 bits per heavy atom. The highest BCUT2D eigenvalue weighted by atomic mass is 16.5. The number of benzene rings is 3. The Labute approximate surface area is 147 Å². The van der Waals surface area contributed by atoms with Crippen molar-refractivity contribution in [2.24, 2.45) is 0 Å². The van der Waals surface area contributed by atoms with Crippen molar-refractivity contribution in [2.75, 3.05) is 6.61 Å². The van der Waals surface area contributed by atoms with Gasteiger partial charge in [-0.15, -0.1) is 0 Å². The second kappa shape index (κ2) is 7.75. The molecule has 3 heteroatoms. The lowest BCUT2D eigenvalue weighted by Crippen LogP contribution is -2.13. The van der Waals surface area contributed by atoms with Gasteiger partial charge in [0.1, 0.15) is 0 Å². The summed E-state index contributed by atoms with van der Waals surface area (Å²) in [5.74, 6) is -0.613. The lowest BCUT2D eigenvalue weighted by molar-refractivity contribution is 0.0497. The Hall–Kier alpha value is -2.94. The van der Waals surface area contributed by atoms with Crippen molar-refractivity contribution >= 4 is 22.5 Å². The molecule has 3 rings (SSSR count). The molecular formula is C22H20O3. The molecule has 0 radical (unpaired) electrons. The van der Waals surface area contributed by atoms with E-state index in [-0.39, 0.29) is 5.78 Å². The highest BCUT2D eigenvalue weighted by molar-refractivity contribution is 6.19. The van der Waals surface area contributed by atoms with E-state index in [0.29, 0.717) is 23.3 Å². The number of unbranched alkanes of at least 4 members (excludes halogenated alkanes) is 1. The van der Waals surface area contributed by atoms with Crippen molar-refractivity contribution in [2.45, 2.75) is 19.8 Å². The van der Waals surface area contributed by atoms with Gasteiger partial charge in [-0.05, 0) is 23.3 Å². The highest BCUT2D eigenvalue weighted by Gasteiger charge is 2.20. The van der Waals surface area contributed by atoms with Gasteiger partial charge in [0.05, 0.1) is 12.2 Å². The minimum absolute atomic E-state index is 0.167. The third kappa shape index (κ3) is 3.61. The van der Waals surface area contributed by atoms with E-state index >= 15 is 0 Å². The first-order valence-electron chi connectivity index (χ1n) is 8.51. The maximum Gasteiger partial charge on any atom is 0.338 e. The second-order valence-electron chi connectivity index (χ2n) is 5.89. The number of fused-ring (bicyclic) bond motifs is 1. The molecule has 0 aliphatic heterocycles. The van der Waals surface area contributed by atoms with Crippen molar-refractivity contribution < 1.29 is 14.3 Å². The van der Waals surface area contributed by atoms with Gasteiger partial charge in [-0.2, -0.15) is 0 Å². The SMILES string of the molecule is CCCCOC(=O)c1ccccc1C(=O)c1cccc2ccccc12. The number of carbonyl (C=O) groups is 2. The first kappa shape index (κ1) is 16.9. The number of rotatable bonds is 6. The zero-order valence-corrected chi connectivity index (χ0v) is 14.2. The summed E-state index contributed by atoms with van der Waals surface area (Å²) in [6.45, 7) is 2.40. The molecule has 0 N–H and O–H groups in total. The summed E-state index contributed by atoms with van der Waals surface area (Å²) in [6, 6.07) is 20.2. The van der Waals surface area contributed by atoms with Gasteiger partial charge < -0.3 is 4.74 Å². The number of ether oxygens (including phenoxy) is 1. The molecule has 25 heavy (non-hydrogen) atoms. The molecule has 0 atom stereocenters. The summed E-state index contributed by atoms with van der Waals surface area (Å²) in [7, 11) is 0. The average Bonchev–Trinajstić information content (AvgIpc) is 2.67. The monoisotopic (exact) mass is 332 g/mol. The van der Waals surface area contributed by atoms with Crippen LogP contribution in [0.1, 0.15) is 46.0 Å². The lowest BCUT2D eigenvalue weighted by Gasteiger charge is -2.10. The van der Waals surface area contributed by atoms with Gasteiger partial charge in [0.2, 0.25) is 0 Å². The molecule has 0 saturated carbocycles. The van der Waals surface area contributed by atoms with Crippen LogP contribution in [0.25, 0.3) is 10.8 Å². The van der Waals surface area contributed by atoms with Gasteiger partial charge in [-0.3, -0.25) is 4.79 Å². The predicted molar refractivity (Wildman–Crippen MR) is 99.0 cm³/mol. The largest absolute Gasteiger partial charge is 0.462 e. The molecular weight excluding hydrogens is 312 g/mol. The van der Waals surface area contributed by atoms with Crippen LogP contribution in [0.5, 0.6) is 0 Å². The van der Waals surface area contributed by atoms with Crippen LogP contribution < -0.4 is 0 Å². The molecule has 0 unspecified atom stereocenters. The van der Waals surface area contributed by atoms with Gasteiger partial charge in [0, 0.05) is 11.1 Å². The van der Waals surface area contributed by atoms with Crippen molar-refractivity contribution in [3.63, 3.8) is 0 Å². The van der Waals surface area contributed by atoms with Gasteiger partial charge >= 0.3 is 5.97 Å². The third-order valence-electron chi connectivity index (χ3n) is 4.16. The van der Waals surface area contributed by atoms with E-state index in [0.717, 1.165) is 23.6 Å². The molecule has 3 aromatic rings.